The molecule has 2 saturated carbocycles. The lowest BCUT2D eigenvalue weighted by Gasteiger charge is -2.26. The van der Waals surface area contributed by atoms with Crippen molar-refractivity contribution in [1.82, 2.24) is 5.32 Å². The van der Waals surface area contributed by atoms with Crippen molar-refractivity contribution in [2.75, 3.05) is 6.54 Å². The van der Waals surface area contributed by atoms with Crippen molar-refractivity contribution < 1.29 is 4.79 Å². The highest BCUT2D eigenvalue weighted by Crippen LogP contribution is 2.49. The van der Waals surface area contributed by atoms with E-state index >= 15 is 0 Å². The summed E-state index contributed by atoms with van der Waals surface area (Å²) in [6.07, 6.45) is 6.30. The van der Waals surface area contributed by atoms with Crippen LogP contribution in [0.2, 0.25) is 0 Å². The minimum Gasteiger partial charge on any atom is -0.356 e. The molecule has 19 heavy (non-hydrogen) atoms. The number of fused-ring (bicyclic) bond motifs is 2. The van der Waals surface area contributed by atoms with Gasteiger partial charge in [-0.1, -0.05) is 34.1 Å². The summed E-state index contributed by atoms with van der Waals surface area (Å²) in [5.74, 6) is 4.68. The molecule has 0 radical (unpaired) electrons. The minimum absolute atomic E-state index is 0.295. The molecule has 2 aliphatic carbocycles. The maximum atomic E-state index is 12.1. The molecule has 3 atom stereocenters. The molecule has 0 saturated heterocycles. The Morgan fingerprint density at radius 2 is 1.79 bits per heavy atom. The molecule has 0 aromatic rings. The zero-order valence-corrected chi connectivity index (χ0v) is 13.1. The van der Waals surface area contributed by atoms with E-state index in [1.54, 1.807) is 0 Å². The van der Waals surface area contributed by atoms with Crippen LogP contribution in [0.15, 0.2) is 0 Å². The zero-order valence-electron chi connectivity index (χ0n) is 13.1. The van der Waals surface area contributed by atoms with E-state index in [0.717, 1.165) is 24.8 Å². The fourth-order valence-corrected chi connectivity index (χ4v) is 4.41. The highest BCUT2D eigenvalue weighted by molar-refractivity contribution is 5.76. The van der Waals surface area contributed by atoms with Gasteiger partial charge in [0.2, 0.25) is 5.91 Å². The van der Waals surface area contributed by atoms with Crippen molar-refractivity contribution in [2.24, 2.45) is 35.5 Å². The number of amides is 1. The topological polar surface area (TPSA) is 29.1 Å². The highest BCUT2D eigenvalue weighted by Gasteiger charge is 2.40. The fraction of sp³-hybridized carbons (Fsp3) is 0.941. The minimum atomic E-state index is 0.295. The molecule has 0 spiro atoms. The second-order valence-corrected chi connectivity index (χ2v) is 7.60. The van der Waals surface area contributed by atoms with Crippen LogP contribution in [0.1, 0.15) is 59.8 Å². The summed E-state index contributed by atoms with van der Waals surface area (Å²) in [6, 6.07) is 0. The Bertz CT molecular complexity index is 302. The Kier molecular flexibility index (Phi) is 4.92. The summed E-state index contributed by atoms with van der Waals surface area (Å²) in [7, 11) is 0. The summed E-state index contributed by atoms with van der Waals surface area (Å²) in [6.45, 7) is 9.88. The maximum absolute atomic E-state index is 12.1. The van der Waals surface area contributed by atoms with E-state index in [0.29, 0.717) is 29.6 Å². The molecule has 0 heterocycles. The first-order valence-electron chi connectivity index (χ1n) is 8.24. The van der Waals surface area contributed by atoms with Gasteiger partial charge in [-0.25, -0.2) is 0 Å². The van der Waals surface area contributed by atoms with E-state index < -0.39 is 0 Å². The molecule has 2 fully saturated rings. The van der Waals surface area contributed by atoms with E-state index in [9.17, 15) is 4.79 Å². The average molecular weight is 265 g/mol. The van der Waals surface area contributed by atoms with Crippen LogP contribution in [0.4, 0.5) is 0 Å². The van der Waals surface area contributed by atoms with Crippen molar-refractivity contribution >= 4 is 5.91 Å². The van der Waals surface area contributed by atoms with Crippen LogP contribution in [0.5, 0.6) is 0 Å². The maximum Gasteiger partial charge on any atom is 0.220 e. The molecule has 0 aromatic heterocycles. The largest absolute Gasteiger partial charge is 0.356 e. The Balaban J connectivity index is 1.72. The summed E-state index contributed by atoms with van der Waals surface area (Å²) in [5.41, 5.74) is 0. The number of hydrogen-bond donors (Lipinski definition) is 1. The van der Waals surface area contributed by atoms with Gasteiger partial charge < -0.3 is 5.32 Å². The summed E-state index contributed by atoms with van der Waals surface area (Å²) in [4.78, 5) is 12.1. The van der Waals surface area contributed by atoms with Crippen LogP contribution < -0.4 is 5.32 Å². The van der Waals surface area contributed by atoms with Crippen molar-refractivity contribution in [3.05, 3.63) is 0 Å². The van der Waals surface area contributed by atoms with Crippen LogP contribution >= 0.6 is 0 Å². The van der Waals surface area contributed by atoms with Crippen molar-refractivity contribution in [2.45, 2.75) is 59.8 Å². The van der Waals surface area contributed by atoms with E-state index in [1.165, 1.54) is 25.7 Å². The summed E-state index contributed by atoms with van der Waals surface area (Å²) in [5, 5.41) is 3.19. The molecule has 2 heteroatoms. The fourth-order valence-electron chi connectivity index (χ4n) is 4.41. The third kappa shape index (κ3) is 3.73. The van der Waals surface area contributed by atoms with Gasteiger partial charge in [-0.2, -0.15) is 0 Å². The van der Waals surface area contributed by atoms with Crippen molar-refractivity contribution in [3.8, 4) is 0 Å². The Morgan fingerprint density at radius 1 is 1.11 bits per heavy atom. The monoisotopic (exact) mass is 265 g/mol. The van der Waals surface area contributed by atoms with Crippen LogP contribution in [0.25, 0.3) is 0 Å². The second kappa shape index (κ2) is 6.28. The normalized spacial score (nSPS) is 29.7. The first kappa shape index (κ1) is 14.9. The van der Waals surface area contributed by atoms with Gasteiger partial charge in [-0.15, -0.1) is 0 Å². The van der Waals surface area contributed by atoms with Gasteiger partial charge in [0.05, 0.1) is 0 Å². The summed E-state index contributed by atoms with van der Waals surface area (Å²) < 4.78 is 0. The predicted octanol–water partition coefficient (Wildman–Crippen LogP) is 3.86. The van der Waals surface area contributed by atoms with Crippen LogP contribution in [0.3, 0.4) is 0 Å². The molecular formula is C17H31NO. The number of hydrogen-bond acceptors (Lipinski definition) is 1. The molecule has 2 bridgehead atoms. The molecule has 2 aliphatic rings. The molecule has 1 amide bonds. The smallest absolute Gasteiger partial charge is 0.220 e. The molecular weight excluding hydrogens is 234 g/mol. The van der Waals surface area contributed by atoms with Gasteiger partial charge in [0.25, 0.3) is 0 Å². The number of rotatable bonds is 6. The first-order chi connectivity index (χ1) is 8.97. The molecule has 0 aliphatic heterocycles. The Hall–Kier alpha value is -0.530. The zero-order chi connectivity index (χ0) is 14.0. The molecule has 110 valence electrons. The van der Waals surface area contributed by atoms with Crippen LogP contribution in [0, 0.1) is 35.5 Å². The lowest BCUT2D eigenvalue weighted by atomic mass is 9.84. The number of carbonyl (C=O) groups is 1. The highest BCUT2D eigenvalue weighted by atomic mass is 16.1. The third-order valence-corrected chi connectivity index (χ3v) is 5.58. The van der Waals surface area contributed by atoms with Crippen LogP contribution in [-0.2, 0) is 4.79 Å². The lowest BCUT2D eigenvalue weighted by Crippen LogP contribution is -2.35. The lowest BCUT2D eigenvalue weighted by molar-refractivity contribution is -0.122. The van der Waals surface area contributed by atoms with E-state index in [2.05, 4.69) is 33.0 Å². The quantitative estimate of drug-likeness (QED) is 0.776. The van der Waals surface area contributed by atoms with Gasteiger partial charge in [-0.3, -0.25) is 4.79 Å². The number of nitrogens with one attached hydrogen (secondary N) is 1. The molecule has 2 nitrogen and oxygen atoms in total. The van der Waals surface area contributed by atoms with Crippen molar-refractivity contribution in [1.29, 1.82) is 0 Å². The second-order valence-electron chi connectivity index (χ2n) is 7.60. The van der Waals surface area contributed by atoms with Gasteiger partial charge in [-0.05, 0) is 54.8 Å². The molecule has 0 aromatic carbocycles. The predicted molar refractivity (Wildman–Crippen MR) is 79.7 cm³/mol. The first-order valence-corrected chi connectivity index (χ1v) is 8.24. The molecule has 1 N–H and O–H groups in total. The SMILES string of the molecule is CC(C)C(CNC(=O)CC1CC2CCC1C2)C(C)C. The van der Waals surface area contributed by atoms with E-state index in [-0.39, 0.29) is 0 Å². The third-order valence-electron chi connectivity index (χ3n) is 5.58. The van der Waals surface area contributed by atoms with Gasteiger partial charge >= 0.3 is 0 Å². The summed E-state index contributed by atoms with van der Waals surface area (Å²) >= 11 is 0. The Morgan fingerprint density at radius 3 is 2.26 bits per heavy atom. The Labute approximate surface area is 118 Å². The average Bonchev–Trinajstić information content (AvgIpc) is 2.89. The number of carbonyl (C=O) groups excluding carboxylic acids is 1. The van der Waals surface area contributed by atoms with E-state index in [1.807, 2.05) is 0 Å². The molecule has 3 unspecified atom stereocenters. The van der Waals surface area contributed by atoms with Crippen molar-refractivity contribution in [3.63, 3.8) is 0 Å². The van der Waals surface area contributed by atoms with Gasteiger partial charge in [0.15, 0.2) is 0 Å². The van der Waals surface area contributed by atoms with Gasteiger partial charge in [0.1, 0.15) is 0 Å². The van der Waals surface area contributed by atoms with Gasteiger partial charge in [0, 0.05) is 13.0 Å². The van der Waals surface area contributed by atoms with E-state index in [4.69, 9.17) is 0 Å². The molecule has 2 rings (SSSR count). The van der Waals surface area contributed by atoms with Crippen LogP contribution in [-0.4, -0.2) is 12.5 Å². The standard InChI is InChI=1S/C17H31NO/c1-11(2)16(12(3)4)10-18-17(19)9-15-8-13-5-6-14(15)7-13/h11-16H,5-10H2,1-4H3,(H,18,19).